The van der Waals surface area contributed by atoms with Crippen molar-refractivity contribution >= 4 is 16.8 Å². The van der Waals surface area contributed by atoms with Crippen LogP contribution in [0.1, 0.15) is 36.5 Å². The summed E-state index contributed by atoms with van der Waals surface area (Å²) in [5.74, 6) is 0.747. The van der Waals surface area contributed by atoms with E-state index in [1.54, 1.807) is 12.3 Å². The molecule has 3 nitrogen and oxygen atoms in total. The van der Waals surface area contributed by atoms with Crippen molar-refractivity contribution in [2.45, 2.75) is 32.2 Å². The van der Waals surface area contributed by atoms with Crippen LogP contribution in [0.5, 0.6) is 0 Å². The minimum Gasteiger partial charge on any atom is -0.349 e. The third-order valence-corrected chi connectivity index (χ3v) is 3.92. The summed E-state index contributed by atoms with van der Waals surface area (Å²) >= 11 is 0. The molecule has 0 radical (unpaired) electrons. The summed E-state index contributed by atoms with van der Waals surface area (Å²) in [7, 11) is 0. The van der Waals surface area contributed by atoms with Crippen molar-refractivity contribution in [2.75, 3.05) is 0 Å². The van der Waals surface area contributed by atoms with Gasteiger partial charge in [0.25, 0.3) is 5.91 Å². The zero-order valence-corrected chi connectivity index (χ0v) is 11.1. The summed E-state index contributed by atoms with van der Waals surface area (Å²) in [4.78, 5) is 16.7. The van der Waals surface area contributed by atoms with Crippen molar-refractivity contribution in [3.8, 4) is 0 Å². The molecule has 98 valence electrons. The number of hydrogen-bond acceptors (Lipinski definition) is 2. The van der Waals surface area contributed by atoms with Gasteiger partial charge < -0.3 is 5.32 Å². The summed E-state index contributed by atoms with van der Waals surface area (Å²) in [6.45, 7) is 2.24. The van der Waals surface area contributed by atoms with Crippen LogP contribution in [0.4, 0.5) is 0 Å². The van der Waals surface area contributed by atoms with Crippen LogP contribution in [0.25, 0.3) is 10.9 Å². The quantitative estimate of drug-likeness (QED) is 0.894. The second kappa shape index (κ2) is 5.00. The van der Waals surface area contributed by atoms with Gasteiger partial charge in [0.15, 0.2) is 0 Å². The summed E-state index contributed by atoms with van der Waals surface area (Å²) in [5, 5.41) is 4.08. The molecule has 3 heteroatoms. The van der Waals surface area contributed by atoms with Crippen molar-refractivity contribution in [2.24, 2.45) is 5.92 Å². The Labute approximate surface area is 113 Å². The van der Waals surface area contributed by atoms with E-state index in [4.69, 9.17) is 0 Å². The number of carbonyl (C=O) groups is 1. The van der Waals surface area contributed by atoms with Crippen LogP contribution < -0.4 is 5.32 Å². The Balaban J connectivity index is 1.85. The Kier molecular flexibility index (Phi) is 3.20. The van der Waals surface area contributed by atoms with E-state index in [9.17, 15) is 4.79 Å². The number of carbonyl (C=O) groups excluding carboxylic acids is 1. The number of aromatic nitrogens is 1. The molecule has 1 saturated carbocycles. The molecule has 0 aliphatic heterocycles. The van der Waals surface area contributed by atoms with Crippen LogP contribution in [-0.2, 0) is 0 Å². The summed E-state index contributed by atoms with van der Waals surface area (Å²) in [6, 6.07) is 9.90. The number of nitrogens with one attached hydrogen (secondary N) is 1. The molecule has 1 fully saturated rings. The molecule has 3 rings (SSSR count). The predicted molar refractivity (Wildman–Crippen MR) is 76.0 cm³/mol. The maximum absolute atomic E-state index is 12.4. The molecular weight excluding hydrogens is 236 g/mol. The first kappa shape index (κ1) is 12.2. The Bertz CT molecular complexity index is 603. The molecule has 0 bridgehead atoms. The van der Waals surface area contributed by atoms with Crippen molar-refractivity contribution in [1.82, 2.24) is 10.3 Å². The summed E-state index contributed by atoms with van der Waals surface area (Å²) in [5.41, 5.74) is 1.60. The second-order valence-corrected chi connectivity index (χ2v) is 5.46. The number of fused-ring (bicyclic) bond motifs is 1. The highest BCUT2D eigenvalue weighted by Gasteiger charge is 2.23. The van der Waals surface area contributed by atoms with E-state index in [1.165, 1.54) is 6.42 Å². The number of rotatable bonds is 2. The normalized spacial score (nSPS) is 22.6. The lowest BCUT2D eigenvalue weighted by Gasteiger charge is -2.13. The number of benzene rings is 1. The van der Waals surface area contributed by atoms with Gasteiger partial charge in [0.2, 0.25) is 0 Å². The van der Waals surface area contributed by atoms with Crippen molar-refractivity contribution in [3.05, 3.63) is 42.1 Å². The number of amides is 1. The number of para-hydroxylation sites is 1. The molecular formula is C16H18N2O. The molecule has 1 N–H and O–H groups in total. The van der Waals surface area contributed by atoms with Gasteiger partial charge in [0, 0.05) is 17.6 Å². The molecule has 1 aliphatic rings. The standard InChI is InChI=1S/C16H18N2O/c1-11-6-7-12(10-11)18-16(19)14-8-9-17-15-5-3-2-4-13(14)15/h2-5,8-9,11-12H,6-7,10H2,1H3,(H,18,19). The lowest BCUT2D eigenvalue weighted by atomic mass is 10.1. The highest BCUT2D eigenvalue weighted by Crippen LogP contribution is 2.25. The fourth-order valence-electron chi connectivity index (χ4n) is 2.90. The zero-order valence-electron chi connectivity index (χ0n) is 11.1. The molecule has 2 aromatic rings. The molecule has 2 unspecified atom stereocenters. The molecule has 1 aliphatic carbocycles. The number of hydrogen-bond donors (Lipinski definition) is 1. The van der Waals surface area contributed by atoms with Crippen molar-refractivity contribution in [1.29, 1.82) is 0 Å². The van der Waals surface area contributed by atoms with E-state index in [1.807, 2.05) is 24.3 Å². The van der Waals surface area contributed by atoms with Gasteiger partial charge in [-0.3, -0.25) is 9.78 Å². The van der Waals surface area contributed by atoms with E-state index in [-0.39, 0.29) is 5.91 Å². The number of pyridine rings is 1. The third kappa shape index (κ3) is 2.46. The first-order valence-corrected chi connectivity index (χ1v) is 6.88. The Hall–Kier alpha value is -1.90. The van der Waals surface area contributed by atoms with E-state index < -0.39 is 0 Å². The SMILES string of the molecule is CC1CCC(NC(=O)c2ccnc3ccccc23)C1. The van der Waals surface area contributed by atoms with Crippen LogP contribution in [-0.4, -0.2) is 16.9 Å². The van der Waals surface area contributed by atoms with E-state index in [0.717, 1.165) is 35.2 Å². The molecule has 1 heterocycles. The van der Waals surface area contributed by atoms with Gasteiger partial charge in [-0.05, 0) is 37.3 Å². The average Bonchev–Trinajstić information content (AvgIpc) is 2.83. The van der Waals surface area contributed by atoms with Gasteiger partial charge in [0.05, 0.1) is 11.1 Å². The lowest BCUT2D eigenvalue weighted by Crippen LogP contribution is -2.33. The second-order valence-electron chi connectivity index (χ2n) is 5.46. The predicted octanol–water partition coefficient (Wildman–Crippen LogP) is 3.15. The van der Waals surface area contributed by atoms with E-state index in [0.29, 0.717) is 6.04 Å². The monoisotopic (exact) mass is 254 g/mol. The Morgan fingerprint density at radius 3 is 2.89 bits per heavy atom. The largest absolute Gasteiger partial charge is 0.349 e. The maximum Gasteiger partial charge on any atom is 0.252 e. The molecule has 2 atom stereocenters. The highest BCUT2D eigenvalue weighted by molar-refractivity contribution is 6.06. The van der Waals surface area contributed by atoms with Crippen LogP contribution in [0.3, 0.4) is 0 Å². The average molecular weight is 254 g/mol. The minimum absolute atomic E-state index is 0.0256. The van der Waals surface area contributed by atoms with Gasteiger partial charge in [-0.2, -0.15) is 0 Å². The van der Waals surface area contributed by atoms with Crippen molar-refractivity contribution in [3.63, 3.8) is 0 Å². The Morgan fingerprint density at radius 1 is 1.26 bits per heavy atom. The molecule has 1 amide bonds. The first-order chi connectivity index (χ1) is 9.24. The van der Waals surface area contributed by atoms with Crippen LogP contribution in [0.15, 0.2) is 36.5 Å². The smallest absolute Gasteiger partial charge is 0.252 e. The summed E-state index contributed by atoms with van der Waals surface area (Å²) in [6.07, 6.45) is 5.10. The van der Waals surface area contributed by atoms with E-state index >= 15 is 0 Å². The fourth-order valence-corrected chi connectivity index (χ4v) is 2.90. The van der Waals surface area contributed by atoms with Gasteiger partial charge in [0.1, 0.15) is 0 Å². The first-order valence-electron chi connectivity index (χ1n) is 6.88. The fraction of sp³-hybridized carbons (Fsp3) is 0.375. The van der Waals surface area contributed by atoms with Crippen LogP contribution in [0.2, 0.25) is 0 Å². The summed E-state index contributed by atoms with van der Waals surface area (Å²) < 4.78 is 0. The molecule has 1 aromatic carbocycles. The Morgan fingerprint density at radius 2 is 2.11 bits per heavy atom. The topological polar surface area (TPSA) is 42.0 Å². The van der Waals surface area contributed by atoms with Gasteiger partial charge in [-0.15, -0.1) is 0 Å². The number of nitrogens with zero attached hydrogens (tertiary/aromatic N) is 1. The zero-order chi connectivity index (χ0) is 13.2. The van der Waals surface area contributed by atoms with Crippen molar-refractivity contribution < 1.29 is 4.79 Å². The minimum atomic E-state index is 0.0256. The van der Waals surface area contributed by atoms with Gasteiger partial charge in [-0.25, -0.2) is 0 Å². The maximum atomic E-state index is 12.4. The van der Waals surface area contributed by atoms with Gasteiger partial charge in [-0.1, -0.05) is 25.1 Å². The third-order valence-electron chi connectivity index (χ3n) is 3.92. The lowest BCUT2D eigenvalue weighted by molar-refractivity contribution is 0.0939. The molecule has 1 aromatic heterocycles. The highest BCUT2D eigenvalue weighted by atomic mass is 16.1. The molecule has 0 spiro atoms. The van der Waals surface area contributed by atoms with Crippen LogP contribution >= 0.6 is 0 Å². The molecule has 19 heavy (non-hydrogen) atoms. The van der Waals surface area contributed by atoms with Gasteiger partial charge >= 0.3 is 0 Å². The molecule has 0 saturated heterocycles. The van der Waals surface area contributed by atoms with Crippen LogP contribution in [0, 0.1) is 5.92 Å². The van der Waals surface area contributed by atoms with E-state index in [2.05, 4.69) is 17.2 Å².